The van der Waals surface area contributed by atoms with Gasteiger partial charge in [-0.3, -0.25) is 0 Å². The first kappa shape index (κ1) is 13.7. The number of carboxylic acids is 1. The predicted octanol–water partition coefficient (Wildman–Crippen LogP) is 3.72. The number of aryl methyl sites for hydroxylation is 2. The Morgan fingerprint density at radius 1 is 1.14 bits per heavy atom. The minimum atomic E-state index is -1.02. The third-order valence-electron chi connectivity index (χ3n) is 4.25. The Bertz CT molecular complexity index is 663. The molecule has 0 radical (unpaired) electrons. The standard InChI is InChI=1S/C18H19NO2/c1-13-8-10-15(11-9-13)19-18(17(20)21)12-4-6-14-5-2-3-7-16(14)18/h2-3,5,7-11,19H,4,6,12H2,1H3,(H,20,21). The zero-order valence-electron chi connectivity index (χ0n) is 12.1. The summed E-state index contributed by atoms with van der Waals surface area (Å²) in [6, 6.07) is 15.7. The van der Waals surface area contributed by atoms with Gasteiger partial charge in [-0.05, 0) is 49.4 Å². The molecule has 0 aliphatic heterocycles. The van der Waals surface area contributed by atoms with Crippen molar-refractivity contribution in [2.45, 2.75) is 31.7 Å². The molecule has 108 valence electrons. The molecule has 0 heterocycles. The second-order valence-electron chi connectivity index (χ2n) is 5.71. The first-order valence-corrected chi connectivity index (χ1v) is 7.28. The summed E-state index contributed by atoms with van der Waals surface area (Å²) in [6.45, 7) is 2.02. The van der Waals surface area contributed by atoms with Gasteiger partial charge in [0.2, 0.25) is 0 Å². The fourth-order valence-electron chi connectivity index (χ4n) is 3.12. The van der Waals surface area contributed by atoms with E-state index in [2.05, 4.69) is 5.32 Å². The van der Waals surface area contributed by atoms with Crippen molar-refractivity contribution >= 4 is 11.7 Å². The average Bonchev–Trinajstić information content (AvgIpc) is 2.50. The van der Waals surface area contributed by atoms with Gasteiger partial charge in [-0.25, -0.2) is 4.79 Å². The second kappa shape index (κ2) is 5.24. The molecule has 0 fully saturated rings. The predicted molar refractivity (Wildman–Crippen MR) is 83.5 cm³/mol. The SMILES string of the molecule is Cc1ccc(NC2(C(=O)O)CCCc3ccccc32)cc1. The van der Waals surface area contributed by atoms with Gasteiger partial charge in [0, 0.05) is 5.69 Å². The van der Waals surface area contributed by atoms with E-state index < -0.39 is 11.5 Å². The van der Waals surface area contributed by atoms with Gasteiger partial charge in [0.25, 0.3) is 0 Å². The third kappa shape index (κ3) is 2.40. The highest BCUT2D eigenvalue weighted by Crippen LogP contribution is 2.38. The van der Waals surface area contributed by atoms with E-state index in [1.807, 2.05) is 55.5 Å². The van der Waals surface area contributed by atoms with Gasteiger partial charge in [-0.15, -0.1) is 0 Å². The number of fused-ring (bicyclic) bond motifs is 1. The number of hydrogen-bond donors (Lipinski definition) is 2. The Morgan fingerprint density at radius 2 is 1.86 bits per heavy atom. The summed E-state index contributed by atoms with van der Waals surface area (Å²) >= 11 is 0. The van der Waals surface area contributed by atoms with Crippen LogP contribution >= 0.6 is 0 Å². The van der Waals surface area contributed by atoms with Gasteiger partial charge in [0.1, 0.15) is 0 Å². The molecule has 1 aliphatic rings. The van der Waals surface area contributed by atoms with E-state index in [4.69, 9.17) is 0 Å². The maximum Gasteiger partial charge on any atom is 0.334 e. The summed E-state index contributed by atoms with van der Waals surface area (Å²) < 4.78 is 0. The molecular weight excluding hydrogens is 262 g/mol. The third-order valence-corrected chi connectivity index (χ3v) is 4.25. The number of aliphatic carboxylic acids is 1. The summed E-state index contributed by atoms with van der Waals surface area (Å²) in [7, 11) is 0. The highest BCUT2D eigenvalue weighted by molar-refractivity contribution is 5.85. The van der Waals surface area contributed by atoms with Crippen LogP contribution in [0, 0.1) is 6.92 Å². The summed E-state index contributed by atoms with van der Waals surface area (Å²) in [4.78, 5) is 12.0. The van der Waals surface area contributed by atoms with E-state index in [-0.39, 0.29) is 0 Å². The number of hydrogen-bond acceptors (Lipinski definition) is 2. The number of benzene rings is 2. The molecule has 21 heavy (non-hydrogen) atoms. The molecule has 2 N–H and O–H groups in total. The van der Waals surface area contributed by atoms with Crippen molar-refractivity contribution < 1.29 is 9.90 Å². The van der Waals surface area contributed by atoms with Crippen molar-refractivity contribution in [3.8, 4) is 0 Å². The quantitative estimate of drug-likeness (QED) is 0.901. The number of carbonyl (C=O) groups is 1. The van der Waals surface area contributed by atoms with Crippen molar-refractivity contribution in [3.63, 3.8) is 0 Å². The van der Waals surface area contributed by atoms with Gasteiger partial charge >= 0.3 is 5.97 Å². The zero-order chi connectivity index (χ0) is 14.9. The molecule has 1 atom stereocenters. The number of carboxylic acid groups (broad SMARTS) is 1. The first-order valence-electron chi connectivity index (χ1n) is 7.28. The number of rotatable bonds is 3. The topological polar surface area (TPSA) is 49.3 Å². The van der Waals surface area contributed by atoms with E-state index in [1.165, 1.54) is 0 Å². The Hall–Kier alpha value is -2.29. The lowest BCUT2D eigenvalue weighted by Gasteiger charge is -2.37. The Kier molecular flexibility index (Phi) is 3.42. The number of nitrogens with one attached hydrogen (secondary N) is 1. The largest absolute Gasteiger partial charge is 0.479 e. The Morgan fingerprint density at radius 3 is 2.57 bits per heavy atom. The van der Waals surface area contributed by atoms with Gasteiger partial charge < -0.3 is 10.4 Å². The Balaban J connectivity index is 2.05. The van der Waals surface area contributed by atoms with E-state index in [9.17, 15) is 9.90 Å². The summed E-state index contributed by atoms with van der Waals surface area (Å²) in [5.74, 6) is -0.810. The maximum absolute atomic E-state index is 12.0. The highest BCUT2D eigenvalue weighted by atomic mass is 16.4. The summed E-state index contributed by atoms with van der Waals surface area (Å²) in [5.41, 5.74) is 3.01. The molecule has 0 spiro atoms. The van der Waals surface area contributed by atoms with E-state index >= 15 is 0 Å². The normalized spacial score (nSPS) is 20.6. The van der Waals surface area contributed by atoms with Gasteiger partial charge in [-0.2, -0.15) is 0 Å². The molecular formula is C18H19NO2. The fraction of sp³-hybridized carbons (Fsp3) is 0.278. The van der Waals surface area contributed by atoms with Crippen molar-refractivity contribution in [2.24, 2.45) is 0 Å². The van der Waals surface area contributed by atoms with Crippen LogP contribution in [0.2, 0.25) is 0 Å². The summed E-state index contributed by atoms with van der Waals surface area (Å²) in [6.07, 6.45) is 2.43. The van der Waals surface area contributed by atoms with Crippen molar-refractivity contribution in [1.29, 1.82) is 0 Å². The molecule has 0 bridgehead atoms. The molecule has 1 unspecified atom stereocenters. The molecule has 2 aromatic carbocycles. The van der Waals surface area contributed by atoms with Crippen LogP contribution in [0.5, 0.6) is 0 Å². The lowest BCUT2D eigenvalue weighted by atomic mass is 9.76. The first-order chi connectivity index (χ1) is 10.1. The van der Waals surface area contributed by atoms with Gasteiger partial charge in [0.05, 0.1) is 0 Å². The van der Waals surface area contributed by atoms with Crippen molar-refractivity contribution in [3.05, 3.63) is 65.2 Å². The van der Waals surface area contributed by atoms with Crippen LogP contribution in [0.3, 0.4) is 0 Å². The average molecular weight is 281 g/mol. The van der Waals surface area contributed by atoms with Gasteiger partial charge in [-0.1, -0.05) is 42.0 Å². The van der Waals surface area contributed by atoms with E-state index in [0.29, 0.717) is 6.42 Å². The minimum Gasteiger partial charge on any atom is -0.479 e. The Labute approximate surface area is 124 Å². The number of anilines is 1. The molecule has 3 rings (SSSR count). The zero-order valence-corrected chi connectivity index (χ0v) is 12.1. The molecule has 0 saturated heterocycles. The van der Waals surface area contributed by atoms with Crippen LogP contribution in [0.4, 0.5) is 5.69 Å². The summed E-state index contributed by atoms with van der Waals surface area (Å²) in [5, 5.41) is 13.2. The minimum absolute atomic E-state index is 0.604. The van der Waals surface area contributed by atoms with Crippen LogP contribution in [0.1, 0.15) is 29.5 Å². The van der Waals surface area contributed by atoms with Crippen LogP contribution in [0.25, 0.3) is 0 Å². The van der Waals surface area contributed by atoms with Crippen LogP contribution in [0.15, 0.2) is 48.5 Å². The smallest absolute Gasteiger partial charge is 0.334 e. The maximum atomic E-state index is 12.0. The van der Waals surface area contributed by atoms with Crippen molar-refractivity contribution in [2.75, 3.05) is 5.32 Å². The molecule has 3 nitrogen and oxygen atoms in total. The molecule has 0 amide bonds. The monoisotopic (exact) mass is 281 g/mol. The lowest BCUT2D eigenvalue weighted by molar-refractivity contribution is -0.143. The van der Waals surface area contributed by atoms with Crippen LogP contribution in [-0.4, -0.2) is 11.1 Å². The van der Waals surface area contributed by atoms with Gasteiger partial charge in [0.15, 0.2) is 5.54 Å². The molecule has 2 aromatic rings. The lowest BCUT2D eigenvalue weighted by Crippen LogP contribution is -2.46. The van der Waals surface area contributed by atoms with Crippen LogP contribution < -0.4 is 5.32 Å². The molecule has 0 saturated carbocycles. The molecule has 1 aliphatic carbocycles. The van der Waals surface area contributed by atoms with E-state index in [0.717, 1.165) is 35.2 Å². The molecule has 0 aromatic heterocycles. The van der Waals surface area contributed by atoms with Crippen molar-refractivity contribution in [1.82, 2.24) is 0 Å². The van der Waals surface area contributed by atoms with Crippen LogP contribution in [-0.2, 0) is 16.8 Å². The fourth-order valence-corrected chi connectivity index (χ4v) is 3.12. The molecule has 3 heteroatoms. The highest BCUT2D eigenvalue weighted by Gasteiger charge is 2.43. The van der Waals surface area contributed by atoms with E-state index in [1.54, 1.807) is 0 Å². The second-order valence-corrected chi connectivity index (χ2v) is 5.71.